The average molecular weight is 479 g/mol. The van der Waals surface area contributed by atoms with Gasteiger partial charge in [-0.2, -0.15) is 0 Å². The van der Waals surface area contributed by atoms with Crippen LogP contribution in [0.1, 0.15) is 9.30 Å². The third kappa shape index (κ3) is 2.72. The maximum atomic E-state index is 13.3. The van der Waals surface area contributed by atoms with Crippen molar-refractivity contribution in [2.45, 2.75) is 8.63 Å². The van der Waals surface area contributed by atoms with Crippen molar-refractivity contribution in [3.05, 3.63) is 78.4 Å². The van der Waals surface area contributed by atoms with Gasteiger partial charge in [-0.1, -0.05) is 80.4 Å². The fourth-order valence-corrected chi connectivity index (χ4v) is 5.15. The Labute approximate surface area is 162 Å². The number of alkyl halides is 2. The largest absolute Gasteiger partial charge is 0.268 e. The number of fused-ring (bicyclic) bond motifs is 3. The highest BCUT2D eigenvalue weighted by molar-refractivity contribution is 9.24. The zero-order chi connectivity index (χ0) is 17.6. The molecule has 1 aromatic heterocycles. The minimum atomic E-state index is -3.71. The van der Waals surface area contributed by atoms with Gasteiger partial charge in [0, 0.05) is 10.8 Å². The van der Waals surface area contributed by atoms with Gasteiger partial charge in [0.1, 0.15) is 0 Å². The van der Waals surface area contributed by atoms with Crippen LogP contribution in [0, 0.1) is 0 Å². The smallest absolute Gasteiger partial charge is 0.233 e. The van der Waals surface area contributed by atoms with Crippen molar-refractivity contribution in [2.24, 2.45) is 0 Å². The molecule has 0 N–H and O–H groups in total. The summed E-state index contributed by atoms with van der Waals surface area (Å²) in [6, 6.07) is 22.0. The minimum Gasteiger partial charge on any atom is -0.233 e. The van der Waals surface area contributed by atoms with Crippen LogP contribution in [0.5, 0.6) is 0 Å². The summed E-state index contributed by atoms with van der Waals surface area (Å²) in [7, 11) is -3.71. The van der Waals surface area contributed by atoms with Crippen LogP contribution in [-0.4, -0.2) is 12.4 Å². The van der Waals surface area contributed by atoms with Gasteiger partial charge in [0.15, 0.2) is 0 Å². The second kappa shape index (κ2) is 6.27. The van der Waals surface area contributed by atoms with E-state index in [9.17, 15) is 8.42 Å². The molecule has 126 valence electrons. The molecule has 0 aliphatic carbocycles. The van der Waals surface area contributed by atoms with E-state index in [1.165, 1.54) is 3.97 Å². The number of benzene rings is 3. The molecule has 0 amide bonds. The number of nitrogens with zero attached hydrogens (tertiary/aromatic N) is 1. The number of rotatable bonds is 3. The Morgan fingerprint density at radius 1 is 0.760 bits per heavy atom. The summed E-state index contributed by atoms with van der Waals surface area (Å²) in [5.41, 5.74) is 2.31. The highest BCUT2D eigenvalue weighted by atomic mass is 79.9. The molecular weight excluding hydrogens is 466 g/mol. The topological polar surface area (TPSA) is 39.1 Å². The highest BCUT2D eigenvalue weighted by Crippen LogP contribution is 2.36. The van der Waals surface area contributed by atoms with Crippen LogP contribution in [0.25, 0.3) is 21.8 Å². The fourth-order valence-electron chi connectivity index (χ4n) is 3.05. The predicted octanol–water partition coefficient (Wildman–Crippen LogP) is 5.82. The first-order chi connectivity index (χ1) is 12.0. The molecule has 6 heteroatoms. The predicted molar refractivity (Wildman–Crippen MR) is 109 cm³/mol. The molecule has 0 saturated heterocycles. The van der Waals surface area contributed by atoms with Crippen molar-refractivity contribution in [1.29, 1.82) is 0 Å². The number of hydrogen-bond acceptors (Lipinski definition) is 2. The highest BCUT2D eigenvalue weighted by Gasteiger charge is 2.23. The molecule has 0 unspecified atom stereocenters. The van der Waals surface area contributed by atoms with Crippen LogP contribution in [-0.2, 0) is 10.0 Å². The molecule has 4 rings (SSSR count). The van der Waals surface area contributed by atoms with Gasteiger partial charge in [-0.05, 0) is 29.8 Å². The van der Waals surface area contributed by atoms with E-state index in [2.05, 4.69) is 31.9 Å². The van der Waals surface area contributed by atoms with E-state index < -0.39 is 10.0 Å². The molecule has 0 fully saturated rings. The quantitative estimate of drug-likeness (QED) is 0.348. The number of aromatic nitrogens is 1. The van der Waals surface area contributed by atoms with Crippen LogP contribution in [0.3, 0.4) is 0 Å². The first kappa shape index (κ1) is 16.8. The first-order valence-electron chi connectivity index (χ1n) is 7.62. The molecule has 0 aliphatic heterocycles. The second-order valence-corrected chi connectivity index (χ2v) is 10.5. The Kier molecular flexibility index (Phi) is 4.22. The molecule has 3 aromatic carbocycles. The number of hydrogen-bond donors (Lipinski definition) is 0. The van der Waals surface area contributed by atoms with Gasteiger partial charge in [-0.25, -0.2) is 12.4 Å². The van der Waals surface area contributed by atoms with E-state index in [0.717, 1.165) is 16.3 Å². The van der Waals surface area contributed by atoms with Gasteiger partial charge in [0.05, 0.1) is 19.7 Å². The van der Waals surface area contributed by atoms with Gasteiger partial charge < -0.3 is 0 Å². The van der Waals surface area contributed by atoms with Gasteiger partial charge in [0.25, 0.3) is 10.0 Å². The molecule has 0 spiro atoms. The van der Waals surface area contributed by atoms with E-state index in [1.54, 1.807) is 24.3 Å². The summed E-state index contributed by atoms with van der Waals surface area (Å²) >= 11 is 6.98. The lowest BCUT2D eigenvalue weighted by Crippen LogP contribution is -2.12. The molecule has 4 aromatic rings. The molecule has 0 saturated carbocycles. The lowest BCUT2D eigenvalue weighted by atomic mass is 10.1. The Balaban J connectivity index is 2.15. The molecule has 0 bridgehead atoms. The maximum Gasteiger partial charge on any atom is 0.268 e. The minimum absolute atomic E-state index is 0.0460. The number of para-hydroxylation sites is 1. The molecule has 0 radical (unpaired) electrons. The lowest BCUT2D eigenvalue weighted by Gasteiger charge is -2.10. The van der Waals surface area contributed by atoms with E-state index in [4.69, 9.17) is 0 Å². The van der Waals surface area contributed by atoms with Crippen molar-refractivity contribution in [3.8, 4) is 0 Å². The molecule has 0 aliphatic rings. The monoisotopic (exact) mass is 477 g/mol. The Morgan fingerprint density at radius 2 is 1.40 bits per heavy atom. The van der Waals surface area contributed by atoms with E-state index in [0.29, 0.717) is 11.0 Å². The summed E-state index contributed by atoms with van der Waals surface area (Å²) in [5, 5.41) is 1.84. The van der Waals surface area contributed by atoms with Gasteiger partial charge >= 0.3 is 0 Å². The lowest BCUT2D eigenvalue weighted by molar-refractivity contribution is 0.590. The van der Waals surface area contributed by atoms with E-state index in [-0.39, 0.29) is 8.63 Å². The molecule has 1 heterocycles. The SMILES string of the molecule is O=S(=O)(c1ccccc1)n1c2ccccc2c2ccc(C(Br)Br)cc21. The molecule has 0 atom stereocenters. The van der Waals surface area contributed by atoms with Gasteiger partial charge in [0.2, 0.25) is 0 Å². The van der Waals surface area contributed by atoms with Crippen LogP contribution in [0.15, 0.2) is 77.7 Å². The molecule has 3 nitrogen and oxygen atoms in total. The summed E-state index contributed by atoms with van der Waals surface area (Å²) in [4.78, 5) is 0.275. The van der Waals surface area contributed by atoms with Crippen molar-refractivity contribution in [3.63, 3.8) is 0 Å². The zero-order valence-electron chi connectivity index (χ0n) is 12.9. The second-order valence-electron chi connectivity index (χ2n) is 5.68. The van der Waals surface area contributed by atoms with Crippen molar-refractivity contribution >= 4 is 63.7 Å². The van der Waals surface area contributed by atoms with Crippen molar-refractivity contribution in [2.75, 3.05) is 0 Å². The summed E-state index contributed by atoms with van der Waals surface area (Å²) in [6.45, 7) is 0. The van der Waals surface area contributed by atoms with Crippen molar-refractivity contribution < 1.29 is 8.42 Å². The Hall–Kier alpha value is -1.63. The van der Waals surface area contributed by atoms with E-state index in [1.807, 2.05) is 48.5 Å². The number of halogens is 2. The standard InChI is InChI=1S/C19H13Br2NO2S/c20-19(21)13-10-11-16-15-8-4-5-9-17(15)22(18(16)12-13)25(23,24)14-6-2-1-3-7-14/h1-12,19H. The summed E-state index contributed by atoms with van der Waals surface area (Å²) in [5.74, 6) is 0. The van der Waals surface area contributed by atoms with Crippen LogP contribution in [0.2, 0.25) is 0 Å². The van der Waals surface area contributed by atoms with Crippen LogP contribution in [0.4, 0.5) is 0 Å². The zero-order valence-corrected chi connectivity index (χ0v) is 16.9. The fraction of sp³-hybridized carbons (Fsp3) is 0.0526. The maximum absolute atomic E-state index is 13.3. The van der Waals surface area contributed by atoms with E-state index >= 15 is 0 Å². The first-order valence-corrected chi connectivity index (χ1v) is 10.9. The third-order valence-corrected chi connectivity index (χ3v) is 6.99. The third-order valence-electron chi connectivity index (χ3n) is 4.19. The summed E-state index contributed by atoms with van der Waals surface area (Å²) < 4.78 is 28.1. The summed E-state index contributed by atoms with van der Waals surface area (Å²) in [6.07, 6.45) is 0. The van der Waals surface area contributed by atoms with Gasteiger partial charge in [-0.15, -0.1) is 0 Å². The van der Waals surface area contributed by atoms with Crippen LogP contribution >= 0.6 is 31.9 Å². The Morgan fingerprint density at radius 3 is 2.12 bits per heavy atom. The normalized spacial score (nSPS) is 12.3. The molecule has 25 heavy (non-hydrogen) atoms. The van der Waals surface area contributed by atoms with Crippen molar-refractivity contribution in [1.82, 2.24) is 3.97 Å². The molecular formula is C19H13Br2NO2S. The average Bonchev–Trinajstić information content (AvgIpc) is 2.96. The van der Waals surface area contributed by atoms with Crippen LogP contribution < -0.4 is 0 Å². The van der Waals surface area contributed by atoms with Gasteiger partial charge in [-0.3, -0.25) is 0 Å². The Bertz CT molecular complexity index is 1180.